The molecule has 0 aromatic rings. The minimum atomic E-state index is 0.292. The molecule has 1 aliphatic rings. The van der Waals surface area contributed by atoms with E-state index in [0.29, 0.717) is 5.92 Å². The molecule has 0 radical (unpaired) electrons. The molecule has 0 saturated heterocycles. The number of rotatable bonds is 0. The molecular weight excluding hydrogens is 126 g/mol. The molecule has 2 heteroatoms. The summed E-state index contributed by atoms with van der Waals surface area (Å²) in [5, 5.41) is 0. The van der Waals surface area contributed by atoms with Gasteiger partial charge < -0.3 is 4.74 Å². The molecule has 10 heavy (non-hydrogen) atoms. The van der Waals surface area contributed by atoms with Gasteiger partial charge in [0, 0.05) is 6.20 Å². The lowest BCUT2D eigenvalue weighted by Crippen LogP contribution is -2.09. The largest absolute Gasteiger partial charge is 0.484 e. The maximum Gasteiger partial charge on any atom is 0.194 e. The van der Waals surface area contributed by atoms with E-state index in [1.54, 1.807) is 13.3 Å². The van der Waals surface area contributed by atoms with Gasteiger partial charge in [-0.25, -0.2) is 4.99 Å². The van der Waals surface area contributed by atoms with Gasteiger partial charge in [0.2, 0.25) is 0 Å². The molecule has 2 nitrogen and oxygen atoms in total. The van der Waals surface area contributed by atoms with Gasteiger partial charge in [-0.1, -0.05) is 19.1 Å². The zero-order chi connectivity index (χ0) is 7.40. The second kappa shape index (κ2) is 3.20. The molecule has 0 N–H and O–H groups in total. The number of methoxy groups -OCH3 is 1. The van der Waals surface area contributed by atoms with Gasteiger partial charge in [0.15, 0.2) is 5.90 Å². The highest BCUT2D eigenvalue weighted by Gasteiger charge is 2.06. The highest BCUT2D eigenvalue weighted by atomic mass is 16.5. The average Bonchev–Trinajstić information content (AvgIpc) is 2.13. The van der Waals surface area contributed by atoms with Crippen molar-refractivity contribution in [2.45, 2.75) is 6.92 Å². The molecule has 1 aliphatic heterocycles. The molecule has 0 aromatic carbocycles. The Morgan fingerprint density at radius 1 is 1.50 bits per heavy atom. The molecule has 1 rings (SSSR count). The third kappa shape index (κ3) is 1.47. The van der Waals surface area contributed by atoms with E-state index in [4.69, 9.17) is 4.74 Å². The van der Waals surface area contributed by atoms with Crippen molar-refractivity contribution in [1.29, 1.82) is 0 Å². The number of aliphatic imine (C=N–C) groups is 1. The number of allylic oxidation sites excluding steroid dienone is 2. The molecule has 1 atom stereocenters. The van der Waals surface area contributed by atoms with Crippen molar-refractivity contribution in [3.8, 4) is 0 Å². The lowest BCUT2D eigenvalue weighted by atomic mass is 10.2. The van der Waals surface area contributed by atoms with Gasteiger partial charge in [0.25, 0.3) is 0 Å². The van der Waals surface area contributed by atoms with Crippen molar-refractivity contribution in [3.05, 3.63) is 24.4 Å². The van der Waals surface area contributed by atoms with Crippen molar-refractivity contribution in [2.24, 2.45) is 10.9 Å². The maximum atomic E-state index is 5.03. The third-order valence-corrected chi connectivity index (χ3v) is 1.40. The van der Waals surface area contributed by atoms with Crippen LogP contribution in [0.2, 0.25) is 0 Å². The topological polar surface area (TPSA) is 21.6 Å². The van der Waals surface area contributed by atoms with Crippen LogP contribution in [0.15, 0.2) is 29.4 Å². The monoisotopic (exact) mass is 137 g/mol. The Morgan fingerprint density at radius 3 is 3.00 bits per heavy atom. The summed E-state index contributed by atoms with van der Waals surface area (Å²) in [7, 11) is 1.64. The standard InChI is InChI=1S/C8H11NO/c1-7-5-3-4-6-9-8(7)10-2/h3-7H,1-2H3. The second-order valence-electron chi connectivity index (χ2n) is 2.19. The van der Waals surface area contributed by atoms with Gasteiger partial charge in [0.05, 0.1) is 13.0 Å². The van der Waals surface area contributed by atoms with Crippen LogP contribution >= 0.6 is 0 Å². The predicted molar refractivity (Wildman–Crippen MR) is 41.9 cm³/mol. The maximum absolute atomic E-state index is 5.03. The van der Waals surface area contributed by atoms with E-state index >= 15 is 0 Å². The second-order valence-corrected chi connectivity index (χ2v) is 2.19. The highest BCUT2D eigenvalue weighted by molar-refractivity contribution is 5.81. The van der Waals surface area contributed by atoms with Crippen LogP contribution in [0.5, 0.6) is 0 Å². The van der Waals surface area contributed by atoms with Crippen molar-refractivity contribution >= 4 is 5.90 Å². The number of ether oxygens (including phenoxy) is 1. The first-order valence-corrected chi connectivity index (χ1v) is 3.29. The van der Waals surface area contributed by atoms with Crippen LogP contribution in [0, 0.1) is 5.92 Å². The Morgan fingerprint density at radius 2 is 2.30 bits per heavy atom. The first-order chi connectivity index (χ1) is 4.84. The third-order valence-electron chi connectivity index (χ3n) is 1.40. The summed E-state index contributed by atoms with van der Waals surface area (Å²) in [6.07, 6.45) is 7.65. The number of nitrogens with zero attached hydrogens (tertiary/aromatic N) is 1. The number of hydrogen-bond donors (Lipinski definition) is 0. The molecule has 0 saturated carbocycles. The number of hydrogen-bond acceptors (Lipinski definition) is 2. The van der Waals surface area contributed by atoms with Crippen LogP contribution in [-0.2, 0) is 4.74 Å². The van der Waals surface area contributed by atoms with E-state index in [2.05, 4.69) is 4.99 Å². The fourth-order valence-corrected chi connectivity index (χ4v) is 0.835. The van der Waals surface area contributed by atoms with Crippen molar-refractivity contribution in [1.82, 2.24) is 0 Å². The minimum absolute atomic E-state index is 0.292. The van der Waals surface area contributed by atoms with E-state index in [-0.39, 0.29) is 0 Å². The van der Waals surface area contributed by atoms with Crippen LogP contribution in [0.1, 0.15) is 6.92 Å². The normalized spacial score (nSPS) is 23.8. The SMILES string of the molecule is COC1=NC=CC=CC1C. The Balaban J connectivity index is 2.77. The van der Waals surface area contributed by atoms with Gasteiger partial charge in [-0.15, -0.1) is 0 Å². The molecule has 0 amide bonds. The minimum Gasteiger partial charge on any atom is -0.484 e. The van der Waals surface area contributed by atoms with Crippen molar-refractivity contribution in [2.75, 3.05) is 7.11 Å². The Kier molecular flexibility index (Phi) is 2.26. The Hall–Kier alpha value is -1.05. The van der Waals surface area contributed by atoms with Gasteiger partial charge in [-0.2, -0.15) is 0 Å². The summed E-state index contributed by atoms with van der Waals surface area (Å²) < 4.78 is 5.03. The van der Waals surface area contributed by atoms with Crippen LogP contribution in [0.3, 0.4) is 0 Å². The lowest BCUT2D eigenvalue weighted by molar-refractivity contribution is 0.381. The van der Waals surface area contributed by atoms with Gasteiger partial charge in [-0.05, 0) is 6.08 Å². The van der Waals surface area contributed by atoms with E-state index in [1.807, 2.05) is 25.2 Å². The van der Waals surface area contributed by atoms with E-state index < -0.39 is 0 Å². The van der Waals surface area contributed by atoms with Gasteiger partial charge >= 0.3 is 0 Å². The van der Waals surface area contributed by atoms with E-state index in [1.165, 1.54) is 0 Å². The average molecular weight is 137 g/mol. The summed E-state index contributed by atoms with van der Waals surface area (Å²) >= 11 is 0. The fraction of sp³-hybridized carbons (Fsp3) is 0.375. The molecule has 0 fully saturated rings. The molecule has 0 aromatic heterocycles. The zero-order valence-corrected chi connectivity index (χ0v) is 6.24. The lowest BCUT2D eigenvalue weighted by Gasteiger charge is -2.05. The quantitative estimate of drug-likeness (QED) is 0.498. The van der Waals surface area contributed by atoms with Crippen LogP contribution < -0.4 is 0 Å². The Bertz CT molecular complexity index is 191. The van der Waals surface area contributed by atoms with Crippen LogP contribution in [0.4, 0.5) is 0 Å². The van der Waals surface area contributed by atoms with Gasteiger partial charge in [-0.3, -0.25) is 0 Å². The fourth-order valence-electron chi connectivity index (χ4n) is 0.835. The van der Waals surface area contributed by atoms with Gasteiger partial charge in [0.1, 0.15) is 0 Å². The van der Waals surface area contributed by atoms with Crippen molar-refractivity contribution in [3.63, 3.8) is 0 Å². The molecular formula is C8H11NO. The zero-order valence-electron chi connectivity index (χ0n) is 6.24. The van der Waals surface area contributed by atoms with Crippen molar-refractivity contribution < 1.29 is 4.74 Å². The van der Waals surface area contributed by atoms with Crippen LogP contribution in [0.25, 0.3) is 0 Å². The smallest absolute Gasteiger partial charge is 0.194 e. The first kappa shape index (κ1) is 7.06. The molecule has 1 unspecified atom stereocenters. The highest BCUT2D eigenvalue weighted by Crippen LogP contribution is 2.05. The van der Waals surface area contributed by atoms with E-state index in [9.17, 15) is 0 Å². The van der Waals surface area contributed by atoms with E-state index in [0.717, 1.165) is 5.90 Å². The molecule has 1 heterocycles. The summed E-state index contributed by atoms with van der Waals surface area (Å²) in [4.78, 5) is 4.07. The summed E-state index contributed by atoms with van der Waals surface area (Å²) in [5.41, 5.74) is 0. The molecule has 0 aliphatic carbocycles. The Labute approximate surface area is 60.9 Å². The first-order valence-electron chi connectivity index (χ1n) is 3.29. The molecule has 54 valence electrons. The molecule has 0 bridgehead atoms. The molecule has 0 spiro atoms. The summed E-state index contributed by atoms with van der Waals surface area (Å²) in [6, 6.07) is 0. The van der Waals surface area contributed by atoms with Crippen LogP contribution in [-0.4, -0.2) is 13.0 Å². The summed E-state index contributed by atoms with van der Waals surface area (Å²) in [5.74, 6) is 1.06. The summed E-state index contributed by atoms with van der Waals surface area (Å²) in [6.45, 7) is 2.05. The predicted octanol–water partition coefficient (Wildman–Crippen LogP) is 1.75.